The summed E-state index contributed by atoms with van der Waals surface area (Å²) < 4.78 is 10.4. The highest BCUT2D eigenvalue weighted by Crippen LogP contribution is 2.26. The van der Waals surface area contributed by atoms with E-state index in [1.54, 1.807) is 6.92 Å². The molecule has 5 heteroatoms. The molecular formula is C12H18N2O3. The molecule has 0 spiro atoms. The molecule has 17 heavy (non-hydrogen) atoms. The van der Waals surface area contributed by atoms with E-state index in [-0.39, 0.29) is 17.1 Å². The minimum atomic E-state index is -0.467. The van der Waals surface area contributed by atoms with Crippen molar-refractivity contribution in [2.75, 3.05) is 12.3 Å². The predicted octanol–water partition coefficient (Wildman–Crippen LogP) is 2.02. The van der Waals surface area contributed by atoms with Crippen molar-refractivity contribution in [2.45, 2.75) is 33.3 Å². The van der Waals surface area contributed by atoms with Crippen LogP contribution in [-0.4, -0.2) is 23.2 Å². The van der Waals surface area contributed by atoms with Crippen LogP contribution in [0.1, 0.15) is 38.1 Å². The quantitative estimate of drug-likeness (QED) is 0.815. The Balaban J connectivity index is 3.03. The van der Waals surface area contributed by atoms with Gasteiger partial charge in [0.1, 0.15) is 11.3 Å². The van der Waals surface area contributed by atoms with E-state index in [1.165, 1.54) is 12.3 Å². The first-order chi connectivity index (χ1) is 7.85. The molecule has 1 rings (SSSR count). The van der Waals surface area contributed by atoms with Crippen molar-refractivity contribution in [3.63, 3.8) is 0 Å². The second kappa shape index (κ2) is 5.03. The van der Waals surface area contributed by atoms with Gasteiger partial charge in [0, 0.05) is 6.20 Å². The first-order valence-electron chi connectivity index (χ1n) is 5.45. The van der Waals surface area contributed by atoms with E-state index in [2.05, 4.69) is 4.98 Å². The molecule has 1 aromatic heterocycles. The van der Waals surface area contributed by atoms with Gasteiger partial charge in [-0.1, -0.05) is 0 Å². The fourth-order valence-electron chi connectivity index (χ4n) is 1.21. The fraction of sp³-hybridized carbons (Fsp3) is 0.500. The number of pyridine rings is 1. The number of hydrogen-bond acceptors (Lipinski definition) is 5. The minimum absolute atomic E-state index is 0.209. The third kappa shape index (κ3) is 3.62. The summed E-state index contributed by atoms with van der Waals surface area (Å²) >= 11 is 0. The molecule has 0 aliphatic carbocycles. The molecule has 0 saturated heterocycles. The predicted molar refractivity (Wildman–Crippen MR) is 65.0 cm³/mol. The van der Waals surface area contributed by atoms with E-state index >= 15 is 0 Å². The van der Waals surface area contributed by atoms with E-state index in [1.807, 2.05) is 20.8 Å². The average Bonchev–Trinajstić information content (AvgIpc) is 2.19. The average molecular weight is 238 g/mol. The number of nitrogen functional groups attached to an aromatic ring is 1. The highest BCUT2D eigenvalue weighted by Gasteiger charge is 2.19. The van der Waals surface area contributed by atoms with E-state index in [0.717, 1.165) is 0 Å². The van der Waals surface area contributed by atoms with Crippen molar-refractivity contribution in [3.05, 3.63) is 17.8 Å². The van der Waals surface area contributed by atoms with Gasteiger partial charge in [-0.05, 0) is 33.8 Å². The summed E-state index contributed by atoms with van der Waals surface area (Å²) in [7, 11) is 0. The van der Waals surface area contributed by atoms with Gasteiger partial charge in [-0.3, -0.25) is 0 Å². The number of nitrogens with two attached hydrogens (primary N) is 1. The second-order valence-corrected chi connectivity index (χ2v) is 4.51. The SMILES string of the molecule is CCOC(=O)c1ccnc(OC(C)(C)C)c1N. The number of rotatable bonds is 3. The summed E-state index contributed by atoms with van der Waals surface area (Å²) in [4.78, 5) is 15.6. The zero-order valence-corrected chi connectivity index (χ0v) is 10.6. The number of anilines is 1. The van der Waals surface area contributed by atoms with Crippen molar-refractivity contribution in [3.8, 4) is 5.88 Å². The fourth-order valence-corrected chi connectivity index (χ4v) is 1.21. The lowest BCUT2D eigenvalue weighted by atomic mass is 10.2. The number of nitrogens with zero attached hydrogens (tertiary/aromatic N) is 1. The van der Waals surface area contributed by atoms with Crippen LogP contribution in [0.15, 0.2) is 12.3 Å². The number of carbonyl (C=O) groups is 1. The molecule has 94 valence electrons. The molecule has 0 aromatic carbocycles. The highest BCUT2D eigenvalue weighted by molar-refractivity contribution is 5.96. The zero-order valence-electron chi connectivity index (χ0n) is 10.6. The lowest BCUT2D eigenvalue weighted by molar-refractivity contribution is 0.0525. The molecule has 0 atom stereocenters. The molecule has 5 nitrogen and oxygen atoms in total. The number of hydrogen-bond donors (Lipinski definition) is 1. The van der Waals surface area contributed by atoms with Crippen LogP contribution >= 0.6 is 0 Å². The molecule has 0 unspecified atom stereocenters. The van der Waals surface area contributed by atoms with Gasteiger partial charge in [-0.25, -0.2) is 9.78 Å². The minimum Gasteiger partial charge on any atom is -0.470 e. The van der Waals surface area contributed by atoms with Crippen LogP contribution in [0.4, 0.5) is 5.69 Å². The van der Waals surface area contributed by atoms with E-state index in [0.29, 0.717) is 6.61 Å². The molecule has 0 aliphatic rings. The molecule has 0 amide bonds. The van der Waals surface area contributed by atoms with Crippen molar-refractivity contribution < 1.29 is 14.3 Å². The van der Waals surface area contributed by atoms with Gasteiger partial charge in [-0.15, -0.1) is 0 Å². The summed E-state index contributed by atoms with van der Waals surface area (Å²) in [6.07, 6.45) is 1.48. The van der Waals surface area contributed by atoms with Crippen LogP contribution in [0.2, 0.25) is 0 Å². The van der Waals surface area contributed by atoms with Crippen LogP contribution in [0, 0.1) is 0 Å². The maximum atomic E-state index is 11.6. The first-order valence-corrected chi connectivity index (χ1v) is 5.45. The van der Waals surface area contributed by atoms with E-state index in [4.69, 9.17) is 15.2 Å². The lowest BCUT2D eigenvalue weighted by Crippen LogP contribution is -2.24. The Bertz CT molecular complexity index is 411. The van der Waals surface area contributed by atoms with Crippen LogP contribution < -0.4 is 10.5 Å². The Morgan fingerprint density at radius 1 is 1.47 bits per heavy atom. The van der Waals surface area contributed by atoms with Crippen molar-refractivity contribution >= 4 is 11.7 Å². The van der Waals surface area contributed by atoms with Gasteiger partial charge >= 0.3 is 5.97 Å². The van der Waals surface area contributed by atoms with Crippen LogP contribution in [0.3, 0.4) is 0 Å². The Morgan fingerprint density at radius 3 is 2.65 bits per heavy atom. The highest BCUT2D eigenvalue weighted by atomic mass is 16.5. The maximum Gasteiger partial charge on any atom is 0.340 e. The number of ether oxygens (including phenoxy) is 2. The van der Waals surface area contributed by atoms with Crippen molar-refractivity contribution in [1.29, 1.82) is 0 Å². The standard InChI is InChI=1S/C12H18N2O3/c1-5-16-11(15)8-6-7-14-10(9(8)13)17-12(2,3)4/h6-7H,5,13H2,1-4H3. The van der Waals surface area contributed by atoms with E-state index in [9.17, 15) is 4.79 Å². The Morgan fingerprint density at radius 2 is 2.12 bits per heavy atom. The molecule has 1 heterocycles. The Labute approximate surface area is 101 Å². The lowest BCUT2D eigenvalue weighted by Gasteiger charge is -2.21. The molecule has 0 aliphatic heterocycles. The Kier molecular flexibility index (Phi) is 3.93. The number of esters is 1. The van der Waals surface area contributed by atoms with Gasteiger partial charge in [-0.2, -0.15) is 0 Å². The number of aromatic nitrogens is 1. The molecule has 0 radical (unpaired) electrons. The molecule has 1 aromatic rings. The molecule has 0 saturated carbocycles. The number of carbonyl (C=O) groups excluding carboxylic acids is 1. The summed E-state index contributed by atoms with van der Waals surface area (Å²) in [6.45, 7) is 7.68. The summed E-state index contributed by atoms with van der Waals surface area (Å²) in [5, 5.41) is 0. The largest absolute Gasteiger partial charge is 0.470 e. The molecule has 2 N–H and O–H groups in total. The molecule has 0 bridgehead atoms. The van der Waals surface area contributed by atoms with Crippen LogP contribution in [0.5, 0.6) is 5.88 Å². The van der Waals surface area contributed by atoms with Gasteiger partial charge in [0.25, 0.3) is 0 Å². The van der Waals surface area contributed by atoms with E-state index < -0.39 is 11.6 Å². The monoisotopic (exact) mass is 238 g/mol. The smallest absolute Gasteiger partial charge is 0.340 e. The normalized spacial score (nSPS) is 11.1. The van der Waals surface area contributed by atoms with Gasteiger partial charge < -0.3 is 15.2 Å². The molecule has 0 fully saturated rings. The third-order valence-corrected chi connectivity index (χ3v) is 1.85. The van der Waals surface area contributed by atoms with Gasteiger partial charge in [0.05, 0.1) is 12.2 Å². The first kappa shape index (κ1) is 13.3. The van der Waals surface area contributed by atoms with Crippen molar-refractivity contribution in [2.24, 2.45) is 0 Å². The van der Waals surface area contributed by atoms with Crippen LogP contribution in [-0.2, 0) is 4.74 Å². The zero-order chi connectivity index (χ0) is 13.1. The van der Waals surface area contributed by atoms with Crippen molar-refractivity contribution in [1.82, 2.24) is 4.98 Å². The summed E-state index contributed by atoms with van der Waals surface area (Å²) in [5.74, 6) is -0.214. The summed E-state index contributed by atoms with van der Waals surface area (Å²) in [5.41, 5.74) is 5.90. The molecular weight excluding hydrogens is 220 g/mol. The van der Waals surface area contributed by atoms with Gasteiger partial charge in [0.2, 0.25) is 5.88 Å². The van der Waals surface area contributed by atoms with Gasteiger partial charge in [0.15, 0.2) is 0 Å². The summed E-state index contributed by atoms with van der Waals surface area (Å²) in [6, 6.07) is 1.52. The second-order valence-electron chi connectivity index (χ2n) is 4.51. The third-order valence-electron chi connectivity index (χ3n) is 1.85. The Hall–Kier alpha value is -1.78. The topological polar surface area (TPSA) is 74.4 Å². The maximum absolute atomic E-state index is 11.6. The van der Waals surface area contributed by atoms with Crippen LogP contribution in [0.25, 0.3) is 0 Å².